The summed E-state index contributed by atoms with van der Waals surface area (Å²) in [6.07, 6.45) is 6.89. The number of aromatic nitrogens is 6. The van der Waals surface area contributed by atoms with Crippen LogP contribution in [0.4, 0.5) is 10.1 Å². The molecule has 0 radical (unpaired) electrons. The van der Waals surface area contributed by atoms with Gasteiger partial charge in [0.1, 0.15) is 12.2 Å². The molecule has 0 bridgehead atoms. The molecule has 0 aliphatic heterocycles. The summed E-state index contributed by atoms with van der Waals surface area (Å²) in [5.41, 5.74) is 2.76. The Morgan fingerprint density at radius 2 is 2.02 bits per heavy atom. The standard InChI is InChI=1S/C28H32FN9O2/c1-28(2,40)26(29)15-32-27(39)21-14-31-23(25-9-8-20-10-17(12-30)13-33-38(20)25)11-22(21)34-19-6-4-18(5-7-19)24-16-37(3)36-35-24/h8-11,13-14,16,18-19,26,40H,4-7,15H2,1-3H3,(H,31,34)(H,32,39)/t18?,19?,26-/m1/s1. The van der Waals surface area contributed by atoms with E-state index < -0.39 is 17.7 Å². The molecule has 0 unspecified atom stereocenters. The molecule has 12 heteroatoms. The molecular formula is C28H32FN9O2. The van der Waals surface area contributed by atoms with Gasteiger partial charge in [0.2, 0.25) is 0 Å². The lowest BCUT2D eigenvalue weighted by Gasteiger charge is -2.29. The van der Waals surface area contributed by atoms with Crippen LogP contribution < -0.4 is 10.6 Å². The number of nitrogens with one attached hydrogen (secondary N) is 2. The average molecular weight is 546 g/mol. The molecule has 208 valence electrons. The van der Waals surface area contributed by atoms with Gasteiger partial charge in [-0.15, -0.1) is 5.10 Å². The average Bonchev–Trinajstić information content (AvgIpc) is 3.57. The fraction of sp³-hybridized carbons (Fsp3) is 0.429. The second kappa shape index (κ2) is 11.0. The largest absolute Gasteiger partial charge is 0.387 e. The molecule has 1 atom stereocenters. The lowest BCUT2D eigenvalue weighted by atomic mass is 9.84. The Kier molecular flexibility index (Phi) is 7.49. The highest BCUT2D eigenvalue weighted by atomic mass is 19.1. The number of anilines is 1. The Balaban J connectivity index is 1.40. The van der Waals surface area contributed by atoms with Gasteiger partial charge in [-0.3, -0.25) is 14.5 Å². The number of carbonyl (C=O) groups excluding carboxylic acids is 1. The van der Waals surface area contributed by atoms with E-state index in [2.05, 4.69) is 37.1 Å². The normalized spacial score (nSPS) is 18.3. The topological polar surface area (TPSA) is 146 Å². The summed E-state index contributed by atoms with van der Waals surface area (Å²) >= 11 is 0. The number of nitriles is 1. The molecule has 0 aromatic carbocycles. The molecule has 11 nitrogen and oxygen atoms in total. The van der Waals surface area contributed by atoms with Crippen molar-refractivity contribution in [2.75, 3.05) is 11.9 Å². The van der Waals surface area contributed by atoms with Crippen molar-refractivity contribution in [1.29, 1.82) is 5.26 Å². The van der Waals surface area contributed by atoms with Crippen molar-refractivity contribution in [2.45, 2.75) is 63.3 Å². The van der Waals surface area contributed by atoms with Crippen LogP contribution in [0.25, 0.3) is 16.9 Å². The van der Waals surface area contributed by atoms with Crippen LogP contribution in [0.1, 0.15) is 67.1 Å². The highest BCUT2D eigenvalue weighted by Crippen LogP contribution is 2.34. The first-order valence-electron chi connectivity index (χ1n) is 13.3. The monoisotopic (exact) mass is 545 g/mol. The van der Waals surface area contributed by atoms with Crippen molar-refractivity contribution in [1.82, 2.24) is 34.9 Å². The predicted molar refractivity (Wildman–Crippen MR) is 146 cm³/mol. The zero-order valence-electron chi connectivity index (χ0n) is 22.7. The molecule has 5 rings (SSSR count). The molecule has 1 saturated carbocycles. The summed E-state index contributed by atoms with van der Waals surface area (Å²) in [7, 11) is 1.86. The zero-order valence-corrected chi connectivity index (χ0v) is 22.7. The second-order valence-corrected chi connectivity index (χ2v) is 10.9. The Hall–Kier alpha value is -4.37. The van der Waals surface area contributed by atoms with Crippen LogP contribution in [0.2, 0.25) is 0 Å². The zero-order chi connectivity index (χ0) is 28.4. The maximum absolute atomic E-state index is 14.4. The number of hydrogen-bond donors (Lipinski definition) is 3. The number of alkyl halides is 1. The molecule has 1 fully saturated rings. The van der Waals surface area contributed by atoms with Crippen molar-refractivity contribution in [3.05, 3.63) is 59.7 Å². The highest BCUT2D eigenvalue weighted by Gasteiger charge is 2.28. The summed E-state index contributed by atoms with van der Waals surface area (Å²) in [6, 6.07) is 9.45. The van der Waals surface area contributed by atoms with E-state index in [1.807, 2.05) is 25.4 Å². The molecule has 0 spiro atoms. The van der Waals surface area contributed by atoms with Crippen LogP contribution in [0, 0.1) is 11.3 Å². The summed E-state index contributed by atoms with van der Waals surface area (Å²) in [4.78, 5) is 17.7. The van der Waals surface area contributed by atoms with Crippen molar-refractivity contribution in [3.63, 3.8) is 0 Å². The third-order valence-electron chi connectivity index (χ3n) is 7.37. The van der Waals surface area contributed by atoms with E-state index in [4.69, 9.17) is 0 Å². The van der Waals surface area contributed by atoms with Gasteiger partial charge in [-0.2, -0.15) is 10.4 Å². The molecule has 1 amide bonds. The second-order valence-electron chi connectivity index (χ2n) is 10.9. The van der Waals surface area contributed by atoms with E-state index in [-0.39, 0.29) is 18.2 Å². The van der Waals surface area contributed by atoms with Crippen LogP contribution in [-0.2, 0) is 7.05 Å². The van der Waals surface area contributed by atoms with E-state index in [0.717, 1.165) is 36.9 Å². The van der Waals surface area contributed by atoms with Gasteiger partial charge in [0, 0.05) is 31.4 Å². The number of nitrogens with zero attached hydrogens (tertiary/aromatic N) is 7. The van der Waals surface area contributed by atoms with Gasteiger partial charge in [-0.1, -0.05) is 5.21 Å². The molecule has 40 heavy (non-hydrogen) atoms. The lowest BCUT2D eigenvalue weighted by molar-refractivity contribution is -0.00177. The van der Waals surface area contributed by atoms with E-state index in [9.17, 15) is 19.6 Å². The minimum atomic E-state index is -1.63. The number of aryl methyl sites for hydroxylation is 1. The molecule has 1 aliphatic rings. The van der Waals surface area contributed by atoms with Crippen LogP contribution >= 0.6 is 0 Å². The first-order valence-corrected chi connectivity index (χ1v) is 13.3. The van der Waals surface area contributed by atoms with E-state index in [1.165, 1.54) is 26.2 Å². The first-order chi connectivity index (χ1) is 19.1. The van der Waals surface area contributed by atoms with Crippen molar-refractivity contribution in [2.24, 2.45) is 7.05 Å². The quantitative estimate of drug-likeness (QED) is 0.305. The summed E-state index contributed by atoms with van der Waals surface area (Å²) in [5.74, 6) is -0.152. The number of aliphatic hydroxyl groups is 1. The molecule has 0 saturated heterocycles. The maximum atomic E-state index is 14.4. The number of amides is 1. The Bertz CT molecular complexity index is 1560. The highest BCUT2D eigenvalue weighted by molar-refractivity contribution is 6.00. The third kappa shape index (κ3) is 5.79. The minimum Gasteiger partial charge on any atom is -0.387 e. The van der Waals surface area contributed by atoms with Crippen molar-refractivity contribution < 1.29 is 14.3 Å². The Labute approximate surface area is 231 Å². The van der Waals surface area contributed by atoms with Crippen LogP contribution in [0.3, 0.4) is 0 Å². The third-order valence-corrected chi connectivity index (χ3v) is 7.37. The number of carbonyl (C=O) groups is 1. The number of pyridine rings is 1. The summed E-state index contributed by atoms with van der Waals surface area (Å²) in [5, 5.41) is 37.9. The summed E-state index contributed by atoms with van der Waals surface area (Å²) < 4.78 is 17.8. The fourth-order valence-electron chi connectivity index (χ4n) is 4.98. The molecule has 3 N–H and O–H groups in total. The maximum Gasteiger partial charge on any atom is 0.255 e. The summed E-state index contributed by atoms with van der Waals surface area (Å²) in [6.45, 7) is 2.39. The van der Waals surface area contributed by atoms with Gasteiger partial charge >= 0.3 is 0 Å². The number of rotatable bonds is 8. The van der Waals surface area contributed by atoms with Crippen molar-refractivity contribution in [3.8, 4) is 17.5 Å². The number of halogens is 1. The molecule has 4 aromatic heterocycles. The lowest BCUT2D eigenvalue weighted by Crippen LogP contribution is -2.42. The number of hydrogen-bond acceptors (Lipinski definition) is 8. The van der Waals surface area contributed by atoms with Gasteiger partial charge in [-0.05, 0) is 63.8 Å². The smallest absolute Gasteiger partial charge is 0.255 e. The molecule has 1 aliphatic carbocycles. The molecular weight excluding hydrogens is 513 g/mol. The number of fused-ring (bicyclic) bond motifs is 1. The Morgan fingerprint density at radius 1 is 1.25 bits per heavy atom. The van der Waals surface area contributed by atoms with Gasteiger partial charge < -0.3 is 15.7 Å². The predicted octanol–water partition coefficient (Wildman–Crippen LogP) is 3.37. The molecule has 4 aromatic rings. The van der Waals surface area contributed by atoms with Gasteiger partial charge in [0.15, 0.2) is 0 Å². The van der Waals surface area contributed by atoms with Gasteiger partial charge in [-0.25, -0.2) is 8.91 Å². The van der Waals surface area contributed by atoms with Crippen molar-refractivity contribution >= 4 is 17.1 Å². The van der Waals surface area contributed by atoms with E-state index in [0.29, 0.717) is 28.6 Å². The minimum absolute atomic E-state index is 0.111. The SMILES string of the molecule is Cn1cc(C2CCC(Nc3cc(-c4ccc5cc(C#N)cnn45)ncc3C(=O)NC[C@@H](F)C(C)(C)O)CC2)nn1. The van der Waals surface area contributed by atoms with Crippen LogP contribution in [-0.4, -0.2) is 65.0 Å². The van der Waals surface area contributed by atoms with E-state index in [1.54, 1.807) is 21.3 Å². The van der Waals surface area contributed by atoms with Crippen LogP contribution in [0.5, 0.6) is 0 Å². The van der Waals surface area contributed by atoms with Gasteiger partial charge in [0.05, 0.1) is 57.8 Å². The fourth-order valence-corrected chi connectivity index (χ4v) is 4.98. The Morgan fingerprint density at radius 3 is 2.70 bits per heavy atom. The first kappa shape index (κ1) is 27.2. The van der Waals surface area contributed by atoms with Crippen LogP contribution in [0.15, 0.2) is 42.9 Å². The van der Waals surface area contributed by atoms with Gasteiger partial charge in [0.25, 0.3) is 5.91 Å². The van der Waals surface area contributed by atoms with E-state index >= 15 is 0 Å². The molecule has 4 heterocycles.